The first kappa shape index (κ1) is 20.2. The molecule has 0 aliphatic carbocycles. The lowest BCUT2D eigenvalue weighted by atomic mass is 10.2. The number of aromatic nitrogens is 1. The van der Waals surface area contributed by atoms with Crippen LogP contribution in [0.2, 0.25) is 0 Å². The molecule has 2 rings (SSSR count). The summed E-state index contributed by atoms with van der Waals surface area (Å²) in [6.45, 7) is 9.90. The van der Waals surface area contributed by atoms with Gasteiger partial charge in [-0.3, -0.25) is 4.90 Å². The van der Waals surface area contributed by atoms with Crippen molar-refractivity contribution in [2.75, 3.05) is 4.90 Å². The Labute approximate surface area is 153 Å². The Morgan fingerprint density at radius 2 is 1.71 bits per heavy atom. The fourth-order valence-corrected chi connectivity index (χ4v) is 2.27. The summed E-state index contributed by atoms with van der Waals surface area (Å²) in [7, 11) is 0. The Morgan fingerprint density at radius 1 is 1.08 bits per heavy atom. The van der Waals surface area contributed by atoms with Crippen LogP contribution in [0.15, 0.2) is 53.1 Å². The third-order valence-corrected chi connectivity index (χ3v) is 3.22. The monoisotopic (exact) mass is 392 g/mol. The number of rotatable bonds is 3. The molecule has 1 amide bonds. The summed E-state index contributed by atoms with van der Waals surface area (Å²) >= 11 is 3.35. The van der Waals surface area contributed by atoms with E-state index in [2.05, 4.69) is 20.9 Å². The maximum atomic E-state index is 12.5. The van der Waals surface area contributed by atoms with Gasteiger partial charge in [-0.2, -0.15) is 0 Å². The molecule has 1 aromatic heterocycles. The Balaban J connectivity index is 0.00000139. The molecule has 0 aliphatic heterocycles. The topological polar surface area (TPSA) is 42.4 Å². The van der Waals surface area contributed by atoms with E-state index in [4.69, 9.17) is 4.74 Å². The summed E-state index contributed by atoms with van der Waals surface area (Å²) in [5.74, 6) is 0. The zero-order valence-corrected chi connectivity index (χ0v) is 16.5. The molecule has 0 atom stereocenters. The third-order valence-electron chi connectivity index (χ3n) is 2.77. The smallest absolute Gasteiger partial charge is 0.415 e. The minimum atomic E-state index is -0.547. The van der Waals surface area contributed by atoms with Crippen LogP contribution in [0.3, 0.4) is 0 Å². The number of benzene rings is 1. The highest BCUT2D eigenvalue weighted by molar-refractivity contribution is 9.10. The van der Waals surface area contributed by atoms with E-state index in [1.807, 2.05) is 83.1 Å². The van der Waals surface area contributed by atoms with E-state index in [0.717, 1.165) is 16.0 Å². The van der Waals surface area contributed by atoms with Crippen LogP contribution in [0.5, 0.6) is 0 Å². The van der Waals surface area contributed by atoms with Gasteiger partial charge in [0, 0.05) is 5.69 Å². The summed E-state index contributed by atoms with van der Waals surface area (Å²) in [6, 6.07) is 15.1. The molecule has 0 fully saturated rings. The van der Waals surface area contributed by atoms with Crippen molar-refractivity contribution in [3.05, 3.63) is 58.8 Å². The highest BCUT2D eigenvalue weighted by atomic mass is 79.9. The Morgan fingerprint density at radius 3 is 2.25 bits per heavy atom. The average Bonchev–Trinajstić information content (AvgIpc) is 2.54. The molecule has 4 nitrogen and oxygen atoms in total. The lowest BCUT2D eigenvalue weighted by Gasteiger charge is -2.27. The number of anilines is 1. The second kappa shape index (κ2) is 9.42. The van der Waals surface area contributed by atoms with Crippen LogP contribution in [0.1, 0.15) is 40.3 Å². The molecule has 0 unspecified atom stereocenters. The van der Waals surface area contributed by atoms with Crippen molar-refractivity contribution >= 4 is 27.7 Å². The number of para-hydroxylation sites is 1. The molecular formula is C19H25BrN2O2. The summed E-state index contributed by atoms with van der Waals surface area (Å²) < 4.78 is 6.24. The number of hydrogen-bond acceptors (Lipinski definition) is 3. The molecule has 0 N–H and O–H groups in total. The standard InChI is InChI=1S/C17H19BrN2O2.C2H6/c1-17(2,3)22-16(21)20(14-9-5-4-6-10-14)12-13-8-7-11-15(18)19-13;1-2/h4-11H,12H2,1-3H3;1-2H3. The number of amides is 1. The first-order chi connectivity index (χ1) is 11.3. The third kappa shape index (κ3) is 6.71. The van der Waals surface area contributed by atoms with Gasteiger partial charge in [-0.15, -0.1) is 0 Å². The second-order valence-corrected chi connectivity index (χ2v) is 6.67. The van der Waals surface area contributed by atoms with Crippen LogP contribution in [0, 0.1) is 0 Å². The van der Waals surface area contributed by atoms with E-state index in [9.17, 15) is 4.79 Å². The summed E-state index contributed by atoms with van der Waals surface area (Å²) in [4.78, 5) is 18.5. The zero-order valence-electron chi connectivity index (χ0n) is 14.9. The highest BCUT2D eigenvalue weighted by Crippen LogP contribution is 2.20. The average molecular weight is 393 g/mol. The van der Waals surface area contributed by atoms with Gasteiger partial charge >= 0.3 is 6.09 Å². The molecule has 0 radical (unpaired) electrons. The molecule has 1 heterocycles. The van der Waals surface area contributed by atoms with Crippen LogP contribution in [-0.4, -0.2) is 16.7 Å². The van der Waals surface area contributed by atoms with Crippen molar-refractivity contribution in [2.24, 2.45) is 0 Å². The van der Waals surface area contributed by atoms with Gasteiger partial charge in [0.25, 0.3) is 0 Å². The molecule has 0 saturated carbocycles. The van der Waals surface area contributed by atoms with Gasteiger partial charge in [-0.1, -0.05) is 38.1 Å². The van der Waals surface area contributed by atoms with Crippen molar-refractivity contribution in [3.8, 4) is 0 Å². The number of halogens is 1. The molecule has 0 bridgehead atoms. The van der Waals surface area contributed by atoms with Gasteiger partial charge in [-0.25, -0.2) is 9.78 Å². The fourth-order valence-electron chi connectivity index (χ4n) is 1.89. The van der Waals surface area contributed by atoms with E-state index >= 15 is 0 Å². The van der Waals surface area contributed by atoms with Crippen molar-refractivity contribution in [1.29, 1.82) is 0 Å². The number of ether oxygens (including phenoxy) is 1. The normalized spacial score (nSPS) is 10.4. The largest absolute Gasteiger partial charge is 0.443 e. The van der Waals surface area contributed by atoms with E-state index in [1.165, 1.54) is 0 Å². The maximum Gasteiger partial charge on any atom is 0.415 e. The van der Waals surface area contributed by atoms with Crippen LogP contribution in [0.4, 0.5) is 10.5 Å². The summed E-state index contributed by atoms with van der Waals surface area (Å²) in [6.07, 6.45) is -0.388. The van der Waals surface area contributed by atoms with Gasteiger partial charge in [0.2, 0.25) is 0 Å². The zero-order chi connectivity index (χ0) is 18.2. The minimum Gasteiger partial charge on any atom is -0.443 e. The Kier molecular flexibility index (Phi) is 7.92. The van der Waals surface area contributed by atoms with E-state index < -0.39 is 5.60 Å². The molecule has 1 aromatic carbocycles. The molecule has 0 spiro atoms. The predicted molar refractivity (Wildman–Crippen MR) is 102 cm³/mol. The number of nitrogens with zero attached hydrogens (tertiary/aromatic N) is 2. The van der Waals surface area contributed by atoms with E-state index in [1.54, 1.807) is 4.90 Å². The summed E-state index contributed by atoms with van der Waals surface area (Å²) in [5.41, 5.74) is 1.01. The minimum absolute atomic E-state index is 0.346. The van der Waals surface area contributed by atoms with Gasteiger partial charge in [0.1, 0.15) is 10.2 Å². The molecule has 130 valence electrons. The number of carbonyl (C=O) groups excluding carboxylic acids is 1. The van der Waals surface area contributed by atoms with Crippen molar-refractivity contribution in [3.63, 3.8) is 0 Å². The predicted octanol–water partition coefficient (Wildman–Crippen LogP) is 5.81. The number of carbonyl (C=O) groups is 1. The Bertz CT molecular complexity index is 639. The first-order valence-corrected chi connectivity index (χ1v) is 8.81. The van der Waals surface area contributed by atoms with Gasteiger partial charge in [-0.05, 0) is 61.0 Å². The van der Waals surface area contributed by atoms with E-state index in [-0.39, 0.29) is 6.09 Å². The molecule has 5 heteroatoms. The van der Waals surface area contributed by atoms with Gasteiger partial charge in [0.05, 0.1) is 12.2 Å². The quantitative estimate of drug-likeness (QED) is 0.618. The van der Waals surface area contributed by atoms with Gasteiger partial charge in [0.15, 0.2) is 0 Å². The van der Waals surface area contributed by atoms with Crippen molar-refractivity contribution < 1.29 is 9.53 Å². The van der Waals surface area contributed by atoms with Crippen LogP contribution >= 0.6 is 15.9 Å². The van der Waals surface area contributed by atoms with Gasteiger partial charge < -0.3 is 4.74 Å². The van der Waals surface area contributed by atoms with Crippen molar-refractivity contribution in [1.82, 2.24) is 4.98 Å². The maximum absolute atomic E-state index is 12.5. The SMILES string of the molecule is CC.CC(C)(C)OC(=O)N(Cc1cccc(Br)n1)c1ccccc1. The fraction of sp³-hybridized carbons (Fsp3) is 0.368. The Hall–Kier alpha value is -1.88. The second-order valence-electron chi connectivity index (χ2n) is 5.85. The lowest BCUT2D eigenvalue weighted by Crippen LogP contribution is -2.36. The highest BCUT2D eigenvalue weighted by Gasteiger charge is 2.23. The van der Waals surface area contributed by atoms with Crippen molar-refractivity contribution in [2.45, 2.75) is 46.8 Å². The molecule has 24 heavy (non-hydrogen) atoms. The van der Waals surface area contributed by atoms with E-state index in [0.29, 0.717) is 6.54 Å². The molecule has 2 aromatic rings. The number of hydrogen-bond donors (Lipinski definition) is 0. The molecule has 0 saturated heterocycles. The first-order valence-electron chi connectivity index (χ1n) is 8.02. The van der Waals surface area contributed by atoms with Crippen LogP contribution < -0.4 is 4.90 Å². The summed E-state index contributed by atoms with van der Waals surface area (Å²) in [5, 5.41) is 0. The van der Waals surface area contributed by atoms with Crippen LogP contribution in [-0.2, 0) is 11.3 Å². The lowest BCUT2D eigenvalue weighted by molar-refractivity contribution is 0.0577. The molecule has 0 aliphatic rings. The van der Waals surface area contributed by atoms with Crippen LogP contribution in [0.25, 0.3) is 0 Å². The number of pyridine rings is 1. The molecular weight excluding hydrogens is 368 g/mol.